The summed E-state index contributed by atoms with van der Waals surface area (Å²) in [6, 6.07) is 3.55. The van der Waals surface area contributed by atoms with Gasteiger partial charge in [0.1, 0.15) is 17.7 Å². The number of hydrogen-bond acceptors (Lipinski definition) is 11. The van der Waals surface area contributed by atoms with Gasteiger partial charge >= 0.3 is 7.75 Å². The summed E-state index contributed by atoms with van der Waals surface area (Å²) in [5.74, 6) is -0.0914. The topological polar surface area (TPSA) is 186 Å². The molecule has 176 valence electrons. The van der Waals surface area contributed by atoms with Gasteiger partial charge in [-0.25, -0.2) is 19.0 Å². The Morgan fingerprint density at radius 3 is 3.06 bits per heavy atom. The third kappa shape index (κ3) is 3.84. The molecule has 6 N–H and O–H groups in total. The Bertz CT molecular complexity index is 1220. The Labute approximate surface area is 186 Å². The summed E-state index contributed by atoms with van der Waals surface area (Å²) in [7, 11) is -3.77. The summed E-state index contributed by atoms with van der Waals surface area (Å²) < 4.78 is 46.6. The Morgan fingerprint density at radius 1 is 1.42 bits per heavy atom. The summed E-state index contributed by atoms with van der Waals surface area (Å²) in [6.45, 7) is 0.952. The van der Waals surface area contributed by atoms with Crippen molar-refractivity contribution in [3.05, 3.63) is 35.9 Å². The van der Waals surface area contributed by atoms with Gasteiger partial charge in [-0.3, -0.25) is 18.6 Å². The summed E-state index contributed by atoms with van der Waals surface area (Å²) >= 11 is 0. The zero-order valence-corrected chi connectivity index (χ0v) is 18.4. The van der Waals surface area contributed by atoms with Crippen LogP contribution in [-0.2, 0) is 31.5 Å². The van der Waals surface area contributed by atoms with Crippen LogP contribution in [0.2, 0.25) is 0 Å². The van der Waals surface area contributed by atoms with E-state index >= 15 is 4.39 Å². The SMILES string of the molecule is C[C@]1(F)[C@@H](O)[C@@H](COP2(=O)NCc3ncccc3CO2)O[C@H]1n1cnc2c(N)nc(N)nc21. The normalized spacial score (nSPS) is 32.0. The number of imidazole rings is 1. The van der Waals surface area contributed by atoms with Crippen molar-refractivity contribution >= 4 is 30.7 Å². The van der Waals surface area contributed by atoms with Crippen molar-refractivity contribution < 1.29 is 27.8 Å². The average molecular weight is 480 g/mol. The first-order chi connectivity index (χ1) is 15.7. The Balaban J connectivity index is 1.34. The van der Waals surface area contributed by atoms with Crippen LogP contribution in [0, 0.1) is 0 Å². The van der Waals surface area contributed by atoms with Gasteiger partial charge in [0, 0.05) is 18.3 Å². The Morgan fingerprint density at radius 2 is 2.24 bits per heavy atom. The monoisotopic (exact) mass is 480 g/mol. The molecule has 33 heavy (non-hydrogen) atoms. The molecule has 1 unspecified atom stereocenters. The molecule has 15 heteroatoms. The lowest BCUT2D eigenvalue weighted by Crippen LogP contribution is -2.40. The van der Waals surface area contributed by atoms with E-state index in [1.807, 2.05) is 0 Å². The number of aliphatic hydroxyl groups is 1. The minimum absolute atomic E-state index is 0.0224. The average Bonchev–Trinajstić information content (AvgIpc) is 3.22. The van der Waals surface area contributed by atoms with E-state index in [9.17, 15) is 9.67 Å². The molecule has 5 heterocycles. The molecular weight excluding hydrogens is 458 g/mol. The first-order valence-electron chi connectivity index (χ1n) is 10.0. The van der Waals surface area contributed by atoms with Crippen LogP contribution in [0.15, 0.2) is 24.7 Å². The maximum absolute atomic E-state index is 15.6. The number of alkyl halides is 1. The minimum atomic E-state index is -3.77. The lowest BCUT2D eigenvalue weighted by atomic mass is 9.98. The van der Waals surface area contributed by atoms with Crippen LogP contribution in [0.5, 0.6) is 0 Å². The number of pyridine rings is 1. The van der Waals surface area contributed by atoms with Crippen molar-refractivity contribution in [2.45, 2.75) is 44.2 Å². The van der Waals surface area contributed by atoms with Gasteiger partial charge in [-0.1, -0.05) is 6.07 Å². The maximum atomic E-state index is 15.6. The number of nitrogens with two attached hydrogens (primary N) is 2. The number of rotatable bonds is 4. The quantitative estimate of drug-likeness (QED) is 0.386. The molecule has 0 radical (unpaired) electrons. The second kappa shape index (κ2) is 7.94. The van der Waals surface area contributed by atoms with E-state index in [0.717, 1.165) is 5.56 Å². The molecule has 1 fully saturated rings. The predicted octanol–water partition coefficient (Wildman–Crippen LogP) is 0.817. The smallest absolute Gasteiger partial charge is 0.387 e. The van der Waals surface area contributed by atoms with Crippen LogP contribution >= 0.6 is 7.75 Å². The van der Waals surface area contributed by atoms with Gasteiger partial charge in [0.15, 0.2) is 23.4 Å². The van der Waals surface area contributed by atoms with E-state index in [2.05, 4.69) is 25.0 Å². The minimum Gasteiger partial charge on any atom is -0.387 e. The van der Waals surface area contributed by atoms with Crippen LogP contribution in [0.3, 0.4) is 0 Å². The molecule has 1 saturated heterocycles. The number of nitrogens with one attached hydrogen (secondary N) is 1. The lowest BCUT2D eigenvalue weighted by Gasteiger charge is -2.24. The van der Waals surface area contributed by atoms with Crippen molar-refractivity contribution in [2.75, 3.05) is 18.1 Å². The van der Waals surface area contributed by atoms with E-state index in [-0.39, 0.29) is 36.1 Å². The van der Waals surface area contributed by atoms with Crippen molar-refractivity contribution in [1.29, 1.82) is 0 Å². The number of nitrogens with zero attached hydrogens (tertiary/aromatic N) is 5. The van der Waals surface area contributed by atoms with E-state index in [1.165, 1.54) is 17.8 Å². The molecule has 0 bridgehead atoms. The maximum Gasteiger partial charge on any atom is 0.406 e. The highest BCUT2D eigenvalue weighted by atomic mass is 31.2. The predicted molar refractivity (Wildman–Crippen MR) is 113 cm³/mol. The zero-order chi connectivity index (χ0) is 23.4. The highest BCUT2D eigenvalue weighted by Crippen LogP contribution is 2.49. The van der Waals surface area contributed by atoms with E-state index < -0.39 is 38.5 Å². The van der Waals surface area contributed by atoms with Crippen LogP contribution in [0.1, 0.15) is 24.4 Å². The molecule has 0 aliphatic carbocycles. The summed E-state index contributed by atoms with van der Waals surface area (Å²) in [5, 5.41) is 13.3. The van der Waals surface area contributed by atoms with Gasteiger partial charge in [0.2, 0.25) is 5.95 Å². The van der Waals surface area contributed by atoms with Crippen LogP contribution in [0.4, 0.5) is 16.2 Å². The van der Waals surface area contributed by atoms with Crippen molar-refractivity contribution in [2.24, 2.45) is 0 Å². The molecule has 13 nitrogen and oxygen atoms in total. The van der Waals surface area contributed by atoms with Crippen molar-refractivity contribution in [3.8, 4) is 0 Å². The number of aliphatic hydroxyl groups excluding tert-OH is 1. The molecular formula is C18H22FN8O5P. The van der Waals surface area contributed by atoms with Crippen molar-refractivity contribution in [1.82, 2.24) is 29.6 Å². The molecule has 3 aromatic rings. The molecule has 0 spiro atoms. The highest BCUT2D eigenvalue weighted by Gasteiger charge is 2.56. The molecule has 0 saturated carbocycles. The fourth-order valence-electron chi connectivity index (χ4n) is 3.87. The van der Waals surface area contributed by atoms with E-state index in [1.54, 1.807) is 18.3 Å². The first kappa shape index (κ1) is 22.1. The molecule has 0 aromatic carbocycles. The van der Waals surface area contributed by atoms with Gasteiger partial charge in [0.25, 0.3) is 0 Å². The molecule has 5 rings (SSSR count). The van der Waals surface area contributed by atoms with Gasteiger partial charge in [-0.2, -0.15) is 9.97 Å². The van der Waals surface area contributed by atoms with Crippen molar-refractivity contribution in [3.63, 3.8) is 0 Å². The second-order valence-electron chi connectivity index (χ2n) is 7.92. The van der Waals surface area contributed by atoms with E-state index in [0.29, 0.717) is 5.69 Å². The molecule has 5 atom stereocenters. The Kier molecular flexibility index (Phi) is 5.31. The van der Waals surface area contributed by atoms with Gasteiger partial charge in [-0.05, 0) is 13.0 Å². The van der Waals surface area contributed by atoms with Gasteiger partial charge in [-0.15, -0.1) is 0 Å². The number of ether oxygens (including phenoxy) is 1. The van der Waals surface area contributed by atoms with Gasteiger partial charge in [0.05, 0.1) is 25.2 Å². The number of aromatic nitrogens is 5. The second-order valence-corrected chi connectivity index (χ2v) is 9.75. The largest absolute Gasteiger partial charge is 0.406 e. The molecule has 2 aliphatic rings. The number of fused-ring (bicyclic) bond motifs is 2. The zero-order valence-electron chi connectivity index (χ0n) is 17.5. The third-order valence-electron chi connectivity index (χ3n) is 5.66. The Hall–Kier alpha value is -2.74. The summed E-state index contributed by atoms with van der Waals surface area (Å²) in [6.07, 6.45) is -1.23. The molecule has 3 aromatic heterocycles. The lowest BCUT2D eigenvalue weighted by molar-refractivity contribution is -0.0554. The standard InChI is InChI=1S/C18H22FN8O5P/c1-18(19)13(28)11(7-31-33(29)24-5-10-9(6-30-33)3-2-4-22-10)32-16(18)27-8-23-12-14(20)25-17(21)26-15(12)27/h2-4,8,11,13,16,28H,5-7H2,1H3,(H,24,29)(H4,20,21,25,26)/t11-,13+,16-,18+,33?/m1/s1. The number of halogens is 1. The third-order valence-corrected chi connectivity index (χ3v) is 7.16. The molecule has 0 amide bonds. The summed E-state index contributed by atoms with van der Waals surface area (Å²) in [5.41, 5.74) is 11.0. The summed E-state index contributed by atoms with van der Waals surface area (Å²) in [4.78, 5) is 16.2. The number of anilines is 2. The highest BCUT2D eigenvalue weighted by molar-refractivity contribution is 7.51. The first-order valence-corrected chi connectivity index (χ1v) is 11.6. The van der Waals surface area contributed by atoms with Crippen LogP contribution in [0.25, 0.3) is 11.2 Å². The number of hydrogen-bond donors (Lipinski definition) is 4. The van der Waals surface area contributed by atoms with E-state index in [4.69, 9.17) is 25.3 Å². The molecule has 2 aliphatic heterocycles. The van der Waals surface area contributed by atoms with Crippen LogP contribution < -0.4 is 16.6 Å². The van der Waals surface area contributed by atoms with Crippen LogP contribution in [-0.4, -0.2) is 54.1 Å². The number of nitrogen functional groups attached to an aromatic ring is 2. The fraction of sp³-hybridized carbons (Fsp3) is 0.444. The van der Waals surface area contributed by atoms with Gasteiger partial charge < -0.3 is 21.3 Å². The fourth-order valence-corrected chi connectivity index (χ4v) is 5.12.